The van der Waals surface area contributed by atoms with Gasteiger partial charge in [0.15, 0.2) is 11.3 Å². The summed E-state index contributed by atoms with van der Waals surface area (Å²) in [5, 5.41) is 11.7. The minimum atomic E-state index is -0.682. The number of nitrogens with zero attached hydrogens (tertiary/aromatic N) is 1. The van der Waals surface area contributed by atoms with Gasteiger partial charge in [-0.2, -0.15) is 0 Å². The molecule has 29 heavy (non-hydrogen) atoms. The number of pyridine rings is 1. The fourth-order valence-electron chi connectivity index (χ4n) is 4.04. The van der Waals surface area contributed by atoms with E-state index in [1.165, 1.54) is 0 Å². The number of hydrogen-bond donors (Lipinski definition) is 1. The zero-order valence-electron chi connectivity index (χ0n) is 15.8. The number of aromatic nitrogens is 1. The van der Waals surface area contributed by atoms with Crippen molar-refractivity contribution in [2.75, 3.05) is 7.11 Å². The van der Waals surface area contributed by atoms with E-state index < -0.39 is 5.63 Å². The van der Waals surface area contributed by atoms with Gasteiger partial charge in [0.25, 0.3) is 5.56 Å². The van der Waals surface area contributed by atoms with E-state index in [2.05, 4.69) is 0 Å². The zero-order valence-corrected chi connectivity index (χ0v) is 16.6. The summed E-state index contributed by atoms with van der Waals surface area (Å²) in [4.78, 5) is 26.7. The summed E-state index contributed by atoms with van der Waals surface area (Å²) in [7, 11) is 1.55. The van der Waals surface area contributed by atoms with Gasteiger partial charge in [-0.1, -0.05) is 30.0 Å². The topological polar surface area (TPSA) is 81.7 Å². The van der Waals surface area contributed by atoms with Crippen LogP contribution in [0.25, 0.3) is 21.9 Å². The molecule has 0 saturated heterocycles. The van der Waals surface area contributed by atoms with E-state index in [9.17, 15) is 14.7 Å². The molecule has 7 heteroatoms. The average molecular weight is 407 g/mol. The fraction of sp³-hybridized carbons (Fsp3) is 0.182. The van der Waals surface area contributed by atoms with E-state index in [1.54, 1.807) is 35.9 Å². The molecule has 0 amide bonds. The molecular formula is C22H17NO5S. The molecule has 0 radical (unpaired) electrons. The maximum Gasteiger partial charge on any atom is 0.354 e. The van der Waals surface area contributed by atoms with Crippen molar-refractivity contribution in [2.24, 2.45) is 0 Å². The first-order chi connectivity index (χ1) is 14.0. The number of methoxy groups -OCH3 is 1. The second kappa shape index (κ2) is 6.42. The molecule has 0 fully saturated rings. The highest BCUT2D eigenvalue weighted by atomic mass is 32.2. The summed E-state index contributed by atoms with van der Waals surface area (Å²) in [6.45, 7) is 1.97. The molecule has 0 saturated carbocycles. The van der Waals surface area contributed by atoms with Crippen LogP contribution < -0.4 is 15.9 Å². The fourth-order valence-corrected chi connectivity index (χ4v) is 4.93. The number of rotatable bonds is 3. The van der Waals surface area contributed by atoms with Crippen molar-refractivity contribution in [2.45, 2.75) is 29.2 Å². The first-order valence-electron chi connectivity index (χ1n) is 9.17. The van der Waals surface area contributed by atoms with Gasteiger partial charge in [0.05, 0.1) is 12.6 Å². The molecule has 4 aromatic rings. The van der Waals surface area contributed by atoms with Gasteiger partial charge >= 0.3 is 5.63 Å². The van der Waals surface area contributed by atoms with Crippen LogP contribution >= 0.6 is 11.8 Å². The molecule has 2 aromatic carbocycles. The molecule has 6 nitrogen and oxygen atoms in total. The van der Waals surface area contributed by atoms with E-state index in [0.29, 0.717) is 16.0 Å². The van der Waals surface area contributed by atoms with Crippen LogP contribution in [0.2, 0.25) is 0 Å². The van der Waals surface area contributed by atoms with Crippen molar-refractivity contribution >= 4 is 33.6 Å². The molecular weight excluding hydrogens is 390 g/mol. The Kier molecular flexibility index (Phi) is 3.96. The van der Waals surface area contributed by atoms with Gasteiger partial charge in [0, 0.05) is 16.3 Å². The third kappa shape index (κ3) is 2.57. The Balaban J connectivity index is 1.81. The minimum absolute atomic E-state index is 0.0168. The summed E-state index contributed by atoms with van der Waals surface area (Å²) < 4.78 is 12.5. The van der Waals surface area contributed by atoms with Gasteiger partial charge in [-0.05, 0) is 43.2 Å². The Labute approximate surface area is 169 Å². The predicted octanol–water partition coefficient (Wildman–Crippen LogP) is 4.09. The normalized spacial score (nSPS) is 15.3. The van der Waals surface area contributed by atoms with Crippen molar-refractivity contribution in [1.82, 2.24) is 4.57 Å². The molecule has 1 aliphatic rings. The molecule has 0 spiro atoms. The lowest BCUT2D eigenvalue weighted by Crippen LogP contribution is -2.22. The second-order valence-corrected chi connectivity index (χ2v) is 8.18. The van der Waals surface area contributed by atoms with Crippen molar-refractivity contribution in [3.05, 3.63) is 68.8 Å². The predicted molar refractivity (Wildman–Crippen MR) is 111 cm³/mol. The standard InChI is InChI=1S/C22H17NO5S/c1-11-9-12-5-3-8-15-17(12)23(11)21(25)16-18(24)20(22(26)28-19(15)16)29-14-7-4-6-13(10-14)27-2/h3-8,10-11,24H,9H2,1-2H3. The number of benzene rings is 2. The van der Waals surface area contributed by atoms with Crippen LogP contribution in [0.15, 0.2) is 66.3 Å². The molecule has 1 unspecified atom stereocenters. The lowest BCUT2D eigenvalue weighted by atomic mass is 10.1. The average Bonchev–Trinajstić information content (AvgIpc) is 3.06. The van der Waals surface area contributed by atoms with Crippen molar-refractivity contribution in [3.8, 4) is 11.5 Å². The van der Waals surface area contributed by atoms with Gasteiger partial charge in [0.2, 0.25) is 0 Å². The van der Waals surface area contributed by atoms with Crippen LogP contribution in [0.4, 0.5) is 0 Å². The lowest BCUT2D eigenvalue weighted by molar-refractivity contribution is 0.413. The number of fused-ring (bicyclic) bond motifs is 2. The molecule has 3 heterocycles. The number of para-hydroxylation sites is 1. The summed E-state index contributed by atoms with van der Waals surface area (Å²) in [5.41, 5.74) is 0.909. The number of hydrogen-bond acceptors (Lipinski definition) is 6. The highest BCUT2D eigenvalue weighted by molar-refractivity contribution is 7.99. The maximum atomic E-state index is 13.3. The SMILES string of the molecule is COc1cccc(Sc2c(O)c3c(=O)n4c5c(cccc5c3oc2=O)CC4C)c1. The Morgan fingerprint density at radius 2 is 2.00 bits per heavy atom. The Morgan fingerprint density at radius 1 is 1.21 bits per heavy atom. The van der Waals surface area contributed by atoms with Crippen LogP contribution in [-0.4, -0.2) is 16.8 Å². The monoisotopic (exact) mass is 407 g/mol. The highest BCUT2D eigenvalue weighted by Gasteiger charge is 2.28. The largest absolute Gasteiger partial charge is 0.505 e. The van der Waals surface area contributed by atoms with Crippen LogP contribution in [0.1, 0.15) is 18.5 Å². The first-order valence-corrected chi connectivity index (χ1v) is 9.99. The quantitative estimate of drug-likeness (QED) is 0.515. The lowest BCUT2D eigenvalue weighted by Gasteiger charge is -2.13. The van der Waals surface area contributed by atoms with Crippen molar-refractivity contribution in [3.63, 3.8) is 0 Å². The minimum Gasteiger partial charge on any atom is -0.505 e. The number of aromatic hydroxyl groups is 1. The summed E-state index contributed by atoms with van der Waals surface area (Å²) in [6.07, 6.45) is 0.722. The molecule has 1 atom stereocenters. The van der Waals surface area contributed by atoms with Gasteiger partial charge in [-0.15, -0.1) is 0 Å². The third-order valence-electron chi connectivity index (χ3n) is 5.31. The van der Waals surface area contributed by atoms with Gasteiger partial charge in [0.1, 0.15) is 16.0 Å². The molecule has 1 N–H and O–H groups in total. The van der Waals surface area contributed by atoms with E-state index in [0.717, 1.165) is 29.3 Å². The van der Waals surface area contributed by atoms with Gasteiger partial charge in [-0.3, -0.25) is 4.79 Å². The second-order valence-electron chi connectivity index (χ2n) is 7.09. The molecule has 2 aromatic heterocycles. The highest BCUT2D eigenvalue weighted by Crippen LogP contribution is 2.40. The first kappa shape index (κ1) is 17.9. The molecule has 0 bridgehead atoms. The third-order valence-corrected chi connectivity index (χ3v) is 6.37. The van der Waals surface area contributed by atoms with Crippen molar-refractivity contribution < 1.29 is 14.3 Å². The maximum absolute atomic E-state index is 13.3. The summed E-state index contributed by atoms with van der Waals surface area (Å²) in [5.74, 6) is 0.282. The van der Waals surface area contributed by atoms with Crippen LogP contribution in [-0.2, 0) is 6.42 Å². The Morgan fingerprint density at radius 3 is 2.79 bits per heavy atom. The van der Waals surface area contributed by atoms with E-state index in [4.69, 9.17) is 9.15 Å². The van der Waals surface area contributed by atoms with Crippen molar-refractivity contribution in [1.29, 1.82) is 0 Å². The zero-order chi connectivity index (χ0) is 20.3. The Hall–Kier alpha value is -3.19. The molecule has 5 rings (SSSR count). The molecule has 1 aliphatic heterocycles. The number of ether oxygens (including phenoxy) is 1. The molecule has 0 aliphatic carbocycles. The van der Waals surface area contributed by atoms with Gasteiger partial charge in [-0.25, -0.2) is 4.79 Å². The molecule has 146 valence electrons. The summed E-state index contributed by atoms with van der Waals surface area (Å²) >= 11 is 1.04. The van der Waals surface area contributed by atoms with E-state index in [-0.39, 0.29) is 33.2 Å². The van der Waals surface area contributed by atoms with E-state index >= 15 is 0 Å². The summed E-state index contributed by atoms with van der Waals surface area (Å²) in [6, 6.07) is 12.7. The van der Waals surface area contributed by atoms with Crippen LogP contribution in [0, 0.1) is 0 Å². The van der Waals surface area contributed by atoms with Crippen LogP contribution in [0.5, 0.6) is 11.5 Å². The van der Waals surface area contributed by atoms with E-state index in [1.807, 2.05) is 25.1 Å². The van der Waals surface area contributed by atoms with Gasteiger partial charge < -0.3 is 18.8 Å². The van der Waals surface area contributed by atoms with Crippen LogP contribution in [0.3, 0.4) is 0 Å². The smallest absolute Gasteiger partial charge is 0.354 e. The Bertz CT molecular complexity index is 1420.